The van der Waals surface area contributed by atoms with E-state index in [1.165, 1.54) is 0 Å². The molecule has 1 aromatic rings. The minimum Gasteiger partial charge on any atom is -0.478 e. The number of carbonyl (C=O) groups is 1. The quantitative estimate of drug-likeness (QED) is 0.733. The normalized spacial score (nSPS) is 12.5. The summed E-state index contributed by atoms with van der Waals surface area (Å²) in [6, 6.07) is 5.07. The van der Waals surface area contributed by atoms with Crippen LogP contribution in [0.15, 0.2) is 18.2 Å². The van der Waals surface area contributed by atoms with Crippen LogP contribution in [0.5, 0.6) is 0 Å². The Balaban J connectivity index is 3.01. The molecular weight excluding hydrogens is 218 g/mol. The average molecular weight is 237 g/mol. The summed E-state index contributed by atoms with van der Waals surface area (Å²) in [5.74, 6) is -0.736. The van der Waals surface area contributed by atoms with Crippen molar-refractivity contribution in [1.29, 1.82) is 0 Å². The van der Waals surface area contributed by atoms with Gasteiger partial charge in [0.2, 0.25) is 0 Å². The molecule has 0 aliphatic carbocycles. The highest BCUT2D eigenvalue weighted by atomic mass is 16.4. The lowest BCUT2D eigenvalue weighted by molar-refractivity contribution is 0.0697. The summed E-state index contributed by atoms with van der Waals surface area (Å²) < 4.78 is 0. The zero-order valence-corrected chi connectivity index (χ0v) is 10.4. The molecule has 0 spiro atoms. The van der Waals surface area contributed by atoms with Gasteiger partial charge in [0.15, 0.2) is 0 Å². The molecule has 0 heterocycles. The first-order valence-electron chi connectivity index (χ1n) is 5.67. The lowest BCUT2D eigenvalue weighted by Crippen LogP contribution is -2.30. The molecule has 94 valence electrons. The predicted octanol–water partition coefficient (Wildman–Crippen LogP) is 2.12. The molecule has 0 amide bonds. The molecule has 0 bridgehead atoms. The monoisotopic (exact) mass is 237 g/mol. The molecule has 1 aromatic carbocycles. The Labute approximate surface area is 101 Å². The van der Waals surface area contributed by atoms with Crippen LogP contribution in [-0.2, 0) is 0 Å². The maximum atomic E-state index is 11.1. The van der Waals surface area contributed by atoms with Gasteiger partial charge in [0.05, 0.1) is 18.2 Å². The van der Waals surface area contributed by atoms with Crippen molar-refractivity contribution >= 4 is 11.7 Å². The molecule has 0 aliphatic heterocycles. The number of rotatable bonds is 5. The summed E-state index contributed by atoms with van der Waals surface area (Å²) in [6.45, 7) is 5.78. The summed E-state index contributed by atoms with van der Waals surface area (Å²) in [5, 5.41) is 21.4. The number of carboxylic acid groups (broad SMARTS) is 1. The topological polar surface area (TPSA) is 69.6 Å². The minimum absolute atomic E-state index is 0.0232. The first-order valence-corrected chi connectivity index (χ1v) is 5.67. The van der Waals surface area contributed by atoms with Crippen LogP contribution in [0, 0.1) is 12.8 Å². The highest BCUT2D eigenvalue weighted by Gasteiger charge is 2.16. The van der Waals surface area contributed by atoms with Crippen LogP contribution in [0.3, 0.4) is 0 Å². The van der Waals surface area contributed by atoms with Crippen molar-refractivity contribution < 1.29 is 15.0 Å². The number of anilines is 1. The Hall–Kier alpha value is -1.55. The number of benzene rings is 1. The minimum atomic E-state index is -0.961. The van der Waals surface area contributed by atoms with Gasteiger partial charge in [-0.3, -0.25) is 0 Å². The van der Waals surface area contributed by atoms with E-state index in [1.54, 1.807) is 12.1 Å². The fraction of sp³-hybridized carbons (Fsp3) is 0.462. The van der Waals surface area contributed by atoms with E-state index in [1.807, 2.05) is 26.8 Å². The van der Waals surface area contributed by atoms with E-state index in [0.29, 0.717) is 5.69 Å². The lowest BCUT2D eigenvalue weighted by atomic mass is 10.0. The van der Waals surface area contributed by atoms with Crippen molar-refractivity contribution in [3.05, 3.63) is 29.3 Å². The SMILES string of the molecule is Cc1ccc(N[C@H](CO)C(C)C)c(C(=O)O)c1. The third-order valence-corrected chi connectivity index (χ3v) is 2.75. The molecule has 0 radical (unpaired) electrons. The summed E-state index contributed by atoms with van der Waals surface area (Å²) >= 11 is 0. The molecule has 1 rings (SSSR count). The fourth-order valence-corrected chi connectivity index (χ4v) is 1.58. The van der Waals surface area contributed by atoms with Crippen molar-refractivity contribution in [1.82, 2.24) is 0 Å². The number of aromatic carboxylic acids is 1. The van der Waals surface area contributed by atoms with E-state index in [0.717, 1.165) is 5.56 Å². The Bertz CT molecular complexity index is 402. The second-order valence-electron chi connectivity index (χ2n) is 4.53. The Morgan fingerprint density at radius 3 is 2.53 bits per heavy atom. The van der Waals surface area contributed by atoms with Gasteiger partial charge in [-0.2, -0.15) is 0 Å². The third kappa shape index (κ3) is 3.46. The molecule has 0 saturated carbocycles. The van der Waals surface area contributed by atoms with Crippen LogP contribution in [-0.4, -0.2) is 28.8 Å². The van der Waals surface area contributed by atoms with Gasteiger partial charge in [0.25, 0.3) is 0 Å². The number of nitrogens with one attached hydrogen (secondary N) is 1. The van der Waals surface area contributed by atoms with Crippen molar-refractivity contribution in [2.45, 2.75) is 26.8 Å². The molecule has 4 heteroatoms. The molecule has 0 saturated heterocycles. The van der Waals surface area contributed by atoms with E-state index in [2.05, 4.69) is 5.32 Å². The Kier molecular flexibility index (Phi) is 4.52. The molecule has 0 aromatic heterocycles. The second-order valence-corrected chi connectivity index (χ2v) is 4.53. The lowest BCUT2D eigenvalue weighted by Gasteiger charge is -2.22. The van der Waals surface area contributed by atoms with Crippen LogP contribution in [0.1, 0.15) is 29.8 Å². The summed E-state index contributed by atoms with van der Waals surface area (Å²) in [6.07, 6.45) is 0. The molecule has 17 heavy (non-hydrogen) atoms. The van der Waals surface area contributed by atoms with Gasteiger partial charge in [0, 0.05) is 5.69 Å². The smallest absolute Gasteiger partial charge is 0.337 e. The van der Waals surface area contributed by atoms with Gasteiger partial charge >= 0.3 is 5.97 Å². The standard InChI is InChI=1S/C13H19NO3/c1-8(2)12(7-15)14-11-5-4-9(3)6-10(11)13(16)17/h4-6,8,12,14-15H,7H2,1-3H3,(H,16,17)/t12-/m1/s1. The number of hydrogen-bond donors (Lipinski definition) is 3. The first kappa shape index (κ1) is 13.5. The van der Waals surface area contributed by atoms with Crippen molar-refractivity contribution in [3.63, 3.8) is 0 Å². The summed E-state index contributed by atoms with van der Waals surface area (Å²) in [5.41, 5.74) is 1.69. The van der Waals surface area contributed by atoms with E-state index in [9.17, 15) is 9.90 Å². The number of carboxylic acids is 1. The van der Waals surface area contributed by atoms with Crippen molar-refractivity contribution in [2.75, 3.05) is 11.9 Å². The molecule has 3 N–H and O–H groups in total. The average Bonchev–Trinajstić information content (AvgIpc) is 2.26. The second kappa shape index (κ2) is 5.68. The largest absolute Gasteiger partial charge is 0.478 e. The zero-order valence-electron chi connectivity index (χ0n) is 10.4. The number of aliphatic hydroxyl groups is 1. The first-order chi connectivity index (χ1) is 7.95. The number of hydrogen-bond acceptors (Lipinski definition) is 3. The van der Waals surface area contributed by atoms with Crippen molar-refractivity contribution in [3.8, 4) is 0 Å². The molecule has 0 unspecified atom stereocenters. The van der Waals surface area contributed by atoms with E-state index < -0.39 is 5.97 Å². The predicted molar refractivity (Wildman–Crippen MR) is 67.5 cm³/mol. The molecule has 4 nitrogen and oxygen atoms in total. The fourth-order valence-electron chi connectivity index (χ4n) is 1.58. The van der Waals surface area contributed by atoms with Crippen LogP contribution in [0.25, 0.3) is 0 Å². The summed E-state index contributed by atoms with van der Waals surface area (Å²) in [7, 11) is 0. The van der Waals surface area contributed by atoms with Gasteiger partial charge in [-0.05, 0) is 25.0 Å². The maximum absolute atomic E-state index is 11.1. The summed E-state index contributed by atoms with van der Waals surface area (Å²) in [4.78, 5) is 11.1. The highest BCUT2D eigenvalue weighted by Crippen LogP contribution is 2.20. The van der Waals surface area contributed by atoms with Crippen LogP contribution >= 0.6 is 0 Å². The van der Waals surface area contributed by atoms with Gasteiger partial charge in [0.1, 0.15) is 0 Å². The maximum Gasteiger partial charge on any atom is 0.337 e. The Morgan fingerprint density at radius 2 is 2.06 bits per heavy atom. The third-order valence-electron chi connectivity index (χ3n) is 2.75. The van der Waals surface area contributed by atoms with E-state index in [-0.39, 0.29) is 24.1 Å². The van der Waals surface area contributed by atoms with Gasteiger partial charge in [-0.1, -0.05) is 25.5 Å². The van der Waals surface area contributed by atoms with Gasteiger partial charge in [-0.25, -0.2) is 4.79 Å². The zero-order chi connectivity index (χ0) is 13.0. The molecule has 1 atom stereocenters. The Morgan fingerprint density at radius 1 is 1.41 bits per heavy atom. The molecule has 0 aliphatic rings. The van der Waals surface area contributed by atoms with Gasteiger partial charge < -0.3 is 15.5 Å². The van der Waals surface area contributed by atoms with E-state index in [4.69, 9.17) is 5.11 Å². The van der Waals surface area contributed by atoms with Crippen LogP contribution in [0.2, 0.25) is 0 Å². The number of aliphatic hydroxyl groups excluding tert-OH is 1. The highest BCUT2D eigenvalue weighted by molar-refractivity contribution is 5.94. The van der Waals surface area contributed by atoms with Gasteiger partial charge in [-0.15, -0.1) is 0 Å². The van der Waals surface area contributed by atoms with Crippen LogP contribution in [0.4, 0.5) is 5.69 Å². The van der Waals surface area contributed by atoms with Crippen molar-refractivity contribution in [2.24, 2.45) is 5.92 Å². The van der Waals surface area contributed by atoms with E-state index >= 15 is 0 Å². The van der Waals surface area contributed by atoms with Crippen LogP contribution < -0.4 is 5.32 Å². The number of aryl methyl sites for hydroxylation is 1. The molecule has 0 fully saturated rings. The molecular formula is C13H19NO3.